The molecule has 0 unspecified atom stereocenters. The van der Waals surface area contributed by atoms with Crippen molar-refractivity contribution in [2.75, 3.05) is 26.2 Å². The lowest BCUT2D eigenvalue weighted by atomic mass is 9.89. The molecule has 0 spiro atoms. The molecule has 0 bridgehead atoms. The van der Waals surface area contributed by atoms with Gasteiger partial charge in [-0.1, -0.05) is 39.0 Å². The first-order chi connectivity index (χ1) is 14.9. The second-order valence-corrected chi connectivity index (χ2v) is 9.33. The van der Waals surface area contributed by atoms with Crippen LogP contribution in [0, 0.1) is 0 Å². The number of H-pyrrole nitrogens is 1. The minimum absolute atomic E-state index is 0.0295. The van der Waals surface area contributed by atoms with Crippen LogP contribution in [0.3, 0.4) is 0 Å². The number of aromatic nitrogens is 3. The zero-order chi connectivity index (χ0) is 22.0. The van der Waals surface area contributed by atoms with E-state index in [0.29, 0.717) is 5.56 Å². The number of carbonyl (C=O) groups excluding carboxylic acids is 1. The fourth-order valence-electron chi connectivity index (χ4n) is 4.40. The highest BCUT2D eigenvalue weighted by Crippen LogP contribution is 2.31. The minimum atomic E-state index is -0.169. The zero-order valence-corrected chi connectivity index (χ0v) is 18.5. The summed E-state index contributed by atoms with van der Waals surface area (Å²) < 4.78 is 0. The molecule has 1 aromatic carbocycles. The fraction of sp³-hybridized carbons (Fsp3) is 0.458. The quantitative estimate of drug-likeness (QED) is 0.569. The van der Waals surface area contributed by atoms with Gasteiger partial charge in [-0.05, 0) is 25.1 Å². The van der Waals surface area contributed by atoms with Crippen molar-refractivity contribution in [2.24, 2.45) is 0 Å². The summed E-state index contributed by atoms with van der Waals surface area (Å²) in [6, 6.07) is 9.68. The van der Waals surface area contributed by atoms with E-state index < -0.39 is 0 Å². The third kappa shape index (κ3) is 4.62. The molecule has 0 aliphatic carbocycles. The van der Waals surface area contributed by atoms with Crippen LogP contribution in [-0.4, -0.2) is 57.3 Å². The average Bonchev–Trinajstić information content (AvgIpc) is 3.41. The third-order valence-corrected chi connectivity index (χ3v) is 5.93. The van der Waals surface area contributed by atoms with E-state index in [1.54, 1.807) is 0 Å². The molecule has 3 heterocycles. The molecule has 4 rings (SSSR count). The number of aliphatic hydroxyl groups is 1. The number of nitrogens with zero attached hydrogens (tertiary/aromatic N) is 3. The molecule has 164 valence electrons. The molecular weight excluding hydrogens is 390 g/mol. The van der Waals surface area contributed by atoms with E-state index in [9.17, 15) is 4.79 Å². The van der Waals surface area contributed by atoms with Crippen LogP contribution in [0.1, 0.15) is 60.4 Å². The van der Waals surface area contributed by atoms with Crippen molar-refractivity contribution in [1.82, 2.24) is 25.4 Å². The highest BCUT2D eigenvalue weighted by atomic mass is 16.3. The van der Waals surface area contributed by atoms with Gasteiger partial charge in [0.05, 0.1) is 23.9 Å². The maximum Gasteiger partial charge on any atom is 0.252 e. The van der Waals surface area contributed by atoms with Crippen LogP contribution in [0.5, 0.6) is 0 Å². The van der Waals surface area contributed by atoms with E-state index in [1.165, 1.54) is 11.3 Å². The van der Waals surface area contributed by atoms with Gasteiger partial charge in [-0.15, -0.1) is 0 Å². The smallest absolute Gasteiger partial charge is 0.252 e. The van der Waals surface area contributed by atoms with Crippen LogP contribution in [0.15, 0.2) is 36.5 Å². The Morgan fingerprint density at radius 1 is 1.32 bits per heavy atom. The highest BCUT2D eigenvalue weighted by Gasteiger charge is 2.28. The molecule has 1 aliphatic heterocycles. The Labute approximate surface area is 182 Å². The van der Waals surface area contributed by atoms with E-state index in [4.69, 9.17) is 10.1 Å². The zero-order valence-electron chi connectivity index (χ0n) is 18.5. The Balaban J connectivity index is 1.56. The first-order valence-corrected chi connectivity index (χ1v) is 10.9. The molecule has 0 saturated carbocycles. The van der Waals surface area contributed by atoms with E-state index in [1.807, 2.05) is 36.5 Å². The molecule has 7 nitrogen and oxygen atoms in total. The molecule has 31 heavy (non-hydrogen) atoms. The number of hydrogen-bond acceptors (Lipinski definition) is 5. The van der Waals surface area contributed by atoms with Gasteiger partial charge in [0.25, 0.3) is 5.91 Å². The number of para-hydroxylation sites is 1. The van der Waals surface area contributed by atoms with Crippen molar-refractivity contribution >= 4 is 16.8 Å². The predicted octanol–water partition coefficient (Wildman–Crippen LogP) is 2.97. The van der Waals surface area contributed by atoms with Crippen LogP contribution in [0.25, 0.3) is 10.9 Å². The van der Waals surface area contributed by atoms with Crippen molar-refractivity contribution in [3.63, 3.8) is 0 Å². The maximum atomic E-state index is 12.7. The van der Waals surface area contributed by atoms with Crippen molar-refractivity contribution in [2.45, 2.75) is 45.1 Å². The molecule has 1 atom stereocenters. The number of pyridine rings is 1. The van der Waals surface area contributed by atoms with Gasteiger partial charge in [0.15, 0.2) is 0 Å². The van der Waals surface area contributed by atoms with Crippen molar-refractivity contribution < 1.29 is 9.90 Å². The molecule has 1 fully saturated rings. The normalized spacial score (nSPS) is 17.4. The first-order valence-electron chi connectivity index (χ1n) is 10.9. The molecule has 3 aromatic rings. The third-order valence-electron chi connectivity index (χ3n) is 5.93. The second-order valence-electron chi connectivity index (χ2n) is 9.33. The van der Waals surface area contributed by atoms with Crippen LogP contribution < -0.4 is 5.32 Å². The van der Waals surface area contributed by atoms with E-state index in [0.717, 1.165) is 42.7 Å². The number of fused-ring (bicyclic) bond motifs is 1. The molecule has 1 amide bonds. The van der Waals surface area contributed by atoms with Gasteiger partial charge in [0, 0.05) is 53.3 Å². The summed E-state index contributed by atoms with van der Waals surface area (Å²) in [5, 5.41) is 20.1. The number of nitrogens with one attached hydrogen (secondary N) is 2. The molecule has 2 aromatic heterocycles. The lowest BCUT2D eigenvalue weighted by molar-refractivity contribution is 0.0946. The summed E-state index contributed by atoms with van der Waals surface area (Å²) in [7, 11) is 0. The Morgan fingerprint density at radius 2 is 2.13 bits per heavy atom. The van der Waals surface area contributed by atoms with E-state index in [-0.39, 0.29) is 30.4 Å². The Bertz CT molecular complexity index is 1070. The SMILES string of the molecule is CC(C)(C)c1[nH]ncc1CN1CC[C@H](c2cc(C(=O)NCCO)c3ccccc3n2)C1. The Hall–Kier alpha value is -2.77. The molecular formula is C24H31N5O2. The molecule has 1 saturated heterocycles. The van der Waals surface area contributed by atoms with Crippen LogP contribution in [-0.2, 0) is 12.0 Å². The fourth-order valence-corrected chi connectivity index (χ4v) is 4.40. The van der Waals surface area contributed by atoms with Crippen LogP contribution in [0.2, 0.25) is 0 Å². The average molecular weight is 422 g/mol. The predicted molar refractivity (Wildman–Crippen MR) is 121 cm³/mol. The summed E-state index contributed by atoms with van der Waals surface area (Å²) in [5.74, 6) is 0.107. The highest BCUT2D eigenvalue weighted by molar-refractivity contribution is 6.06. The van der Waals surface area contributed by atoms with E-state index in [2.05, 4.69) is 41.2 Å². The molecule has 0 radical (unpaired) electrons. The number of aromatic amines is 1. The van der Waals surface area contributed by atoms with Gasteiger partial charge in [-0.2, -0.15) is 5.10 Å². The van der Waals surface area contributed by atoms with Crippen LogP contribution in [0.4, 0.5) is 0 Å². The van der Waals surface area contributed by atoms with Gasteiger partial charge < -0.3 is 10.4 Å². The Kier molecular flexibility index (Phi) is 6.07. The van der Waals surface area contributed by atoms with Crippen LogP contribution >= 0.6 is 0 Å². The number of likely N-dealkylation sites (tertiary alicyclic amines) is 1. The number of rotatable bonds is 6. The van der Waals surface area contributed by atoms with Gasteiger partial charge in [0.2, 0.25) is 0 Å². The molecule has 7 heteroatoms. The van der Waals surface area contributed by atoms with Gasteiger partial charge in [-0.3, -0.25) is 19.8 Å². The van der Waals surface area contributed by atoms with Gasteiger partial charge >= 0.3 is 0 Å². The lowest BCUT2D eigenvalue weighted by Gasteiger charge is -2.21. The number of amides is 1. The summed E-state index contributed by atoms with van der Waals surface area (Å²) in [4.78, 5) is 20.1. The van der Waals surface area contributed by atoms with Gasteiger partial charge in [0.1, 0.15) is 0 Å². The van der Waals surface area contributed by atoms with Gasteiger partial charge in [-0.25, -0.2) is 0 Å². The first kappa shape index (κ1) is 21.5. The minimum Gasteiger partial charge on any atom is -0.395 e. The number of hydrogen-bond donors (Lipinski definition) is 3. The summed E-state index contributed by atoms with van der Waals surface area (Å²) in [6.45, 7) is 9.49. The second kappa shape index (κ2) is 8.77. The number of aliphatic hydroxyl groups excluding tert-OH is 1. The monoisotopic (exact) mass is 421 g/mol. The lowest BCUT2D eigenvalue weighted by Crippen LogP contribution is -2.27. The number of benzene rings is 1. The maximum absolute atomic E-state index is 12.7. The standard InChI is InChI=1S/C24H31N5O2/c1-24(2,3)22-17(13-26-28-22)15-29-10-8-16(14-29)21-12-19(23(31)25-9-11-30)18-6-4-5-7-20(18)27-21/h4-7,12-13,16,30H,8-11,14-15H2,1-3H3,(H,25,31)(H,26,28)/t16-/m0/s1. The molecule has 3 N–H and O–H groups in total. The topological polar surface area (TPSA) is 94.1 Å². The number of carbonyl (C=O) groups is 1. The summed E-state index contributed by atoms with van der Waals surface area (Å²) in [6.07, 6.45) is 2.94. The van der Waals surface area contributed by atoms with E-state index >= 15 is 0 Å². The largest absolute Gasteiger partial charge is 0.395 e. The Morgan fingerprint density at radius 3 is 2.90 bits per heavy atom. The summed E-state index contributed by atoms with van der Waals surface area (Å²) >= 11 is 0. The van der Waals surface area contributed by atoms with Crippen molar-refractivity contribution in [1.29, 1.82) is 0 Å². The van der Waals surface area contributed by atoms with Crippen molar-refractivity contribution in [3.05, 3.63) is 59.0 Å². The van der Waals surface area contributed by atoms with Crippen molar-refractivity contribution in [3.8, 4) is 0 Å². The summed E-state index contributed by atoms with van der Waals surface area (Å²) in [5.41, 5.74) is 4.86. The molecule has 1 aliphatic rings.